The SMILES string of the molecule is COC(C)C(=O)N1CCCC(C(=O)O)C1. The first-order valence-electron chi connectivity index (χ1n) is 5.10. The van der Waals surface area contributed by atoms with E-state index in [1.165, 1.54) is 7.11 Å². The van der Waals surface area contributed by atoms with Gasteiger partial charge in [0.2, 0.25) is 0 Å². The lowest BCUT2D eigenvalue weighted by atomic mass is 9.98. The molecule has 1 fully saturated rings. The predicted molar refractivity (Wildman–Crippen MR) is 53.4 cm³/mol. The molecule has 5 heteroatoms. The van der Waals surface area contributed by atoms with Crippen molar-refractivity contribution in [2.45, 2.75) is 25.9 Å². The fourth-order valence-corrected chi connectivity index (χ4v) is 1.74. The van der Waals surface area contributed by atoms with Crippen LogP contribution in [0.3, 0.4) is 0 Å². The molecule has 0 spiro atoms. The molecule has 5 nitrogen and oxygen atoms in total. The van der Waals surface area contributed by atoms with Crippen LogP contribution in [-0.4, -0.2) is 48.2 Å². The second-order valence-electron chi connectivity index (χ2n) is 3.84. The van der Waals surface area contributed by atoms with E-state index in [-0.39, 0.29) is 5.91 Å². The van der Waals surface area contributed by atoms with Gasteiger partial charge in [0.15, 0.2) is 0 Å². The van der Waals surface area contributed by atoms with E-state index in [4.69, 9.17) is 9.84 Å². The van der Waals surface area contributed by atoms with Gasteiger partial charge in [0, 0.05) is 20.2 Å². The zero-order chi connectivity index (χ0) is 11.4. The summed E-state index contributed by atoms with van der Waals surface area (Å²) in [5.74, 6) is -1.37. The quantitative estimate of drug-likeness (QED) is 0.737. The highest BCUT2D eigenvalue weighted by Crippen LogP contribution is 2.17. The molecule has 0 aromatic heterocycles. The number of nitrogens with zero attached hydrogens (tertiary/aromatic N) is 1. The summed E-state index contributed by atoms with van der Waals surface area (Å²) in [6, 6.07) is 0. The third kappa shape index (κ3) is 2.92. The van der Waals surface area contributed by atoms with Crippen LogP contribution in [0.5, 0.6) is 0 Å². The molecule has 1 aliphatic heterocycles. The zero-order valence-corrected chi connectivity index (χ0v) is 9.10. The van der Waals surface area contributed by atoms with Gasteiger partial charge < -0.3 is 14.7 Å². The lowest BCUT2D eigenvalue weighted by molar-refractivity contribution is -0.149. The topological polar surface area (TPSA) is 66.8 Å². The summed E-state index contributed by atoms with van der Waals surface area (Å²) < 4.78 is 4.92. The highest BCUT2D eigenvalue weighted by atomic mass is 16.5. The highest BCUT2D eigenvalue weighted by Gasteiger charge is 2.29. The van der Waals surface area contributed by atoms with Crippen LogP contribution in [0.25, 0.3) is 0 Å². The molecule has 1 amide bonds. The van der Waals surface area contributed by atoms with Crippen LogP contribution in [0.2, 0.25) is 0 Å². The number of carbonyl (C=O) groups excluding carboxylic acids is 1. The molecule has 0 saturated carbocycles. The molecular weight excluding hydrogens is 198 g/mol. The van der Waals surface area contributed by atoms with Crippen molar-refractivity contribution in [1.82, 2.24) is 4.90 Å². The first-order valence-corrected chi connectivity index (χ1v) is 5.10. The number of amides is 1. The van der Waals surface area contributed by atoms with Crippen LogP contribution >= 0.6 is 0 Å². The third-order valence-corrected chi connectivity index (χ3v) is 2.78. The minimum atomic E-state index is -0.822. The van der Waals surface area contributed by atoms with Crippen LogP contribution in [-0.2, 0) is 14.3 Å². The van der Waals surface area contributed by atoms with Crippen molar-refractivity contribution in [1.29, 1.82) is 0 Å². The molecule has 1 rings (SSSR count). The first kappa shape index (κ1) is 12.0. The van der Waals surface area contributed by atoms with E-state index in [0.29, 0.717) is 19.5 Å². The molecule has 0 aromatic carbocycles. The maximum Gasteiger partial charge on any atom is 0.308 e. The Balaban J connectivity index is 2.56. The predicted octanol–water partition coefficient (Wildman–Crippen LogP) is 0.344. The molecule has 0 radical (unpaired) electrons. The van der Waals surface area contributed by atoms with Gasteiger partial charge in [-0.15, -0.1) is 0 Å². The van der Waals surface area contributed by atoms with Crippen molar-refractivity contribution in [3.05, 3.63) is 0 Å². The van der Waals surface area contributed by atoms with Gasteiger partial charge in [-0.3, -0.25) is 9.59 Å². The van der Waals surface area contributed by atoms with Gasteiger partial charge in [-0.1, -0.05) is 0 Å². The lowest BCUT2D eigenvalue weighted by Crippen LogP contribution is -2.46. The van der Waals surface area contributed by atoms with Crippen molar-refractivity contribution in [2.24, 2.45) is 5.92 Å². The number of carboxylic acid groups (broad SMARTS) is 1. The van der Waals surface area contributed by atoms with E-state index >= 15 is 0 Å². The van der Waals surface area contributed by atoms with Gasteiger partial charge in [-0.05, 0) is 19.8 Å². The van der Waals surface area contributed by atoms with Crippen molar-refractivity contribution in [3.8, 4) is 0 Å². The van der Waals surface area contributed by atoms with E-state index in [9.17, 15) is 9.59 Å². The Bertz CT molecular complexity index is 254. The molecule has 1 saturated heterocycles. The first-order chi connectivity index (χ1) is 7.06. The average molecular weight is 215 g/mol. The fraction of sp³-hybridized carbons (Fsp3) is 0.800. The number of hydrogen-bond acceptors (Lipinski definition) is 3. The van der Waals surface area contributed by atoms with Gasteiger partial charge in [0.25, 0.3) is 5.91 Å². The van der Waals surface area contributed by atoms with E-state index in [1.807, 2.05) is 0 Å². The zero-order valence-electron chi connectivity index (χ0n) is 9.10. The number of ether oxygens (including phenoxy) is 1. The van der Waals surface area contributed by atoms with Crippen LogP contribution < -0.4 is 0 Å². The maximum absolute atomic E-state index is 11.7. The number of aliphatic carboxylic acids is 1. The smallest absolute Gasteiger partial charge is 0.308 e. The maximum atomic E-state index is 11.7. The number of likely N-dealkylation sites (tertiary alicyclic amines) is 1. The molecule has 0 aliphatic carbocycles. The molecule has 0 bridgehead atoms. The van der Waals surface area contributed by atoms with Gasteiger partial charge in [-0.25, -0.2) is 0 Å². The summed E-state index contributed by atoms with van der Waals surface area (Å²) in [5.41, 5.74) is 0. The van der Waals surface area contributed by atoms with Crippen molar-refractivity contribution in [2.75, 3.05) is 20.2 Å². The second kappa shape index (κ2) is 5.11. The van der Waals surface area contributed by atoms with Crippen LogP contribution in [0.1, 0.15) is 19.8 Å². The lowest BCUT2D eigenvalue weighted by Gasteiger charge is -2.32. The molecule has 1 heterocycles. The Kier molecular flexibility index (Phi) is 4.08. The average Bonchev–Trinajstić information content (AvgIpc) is 2.27. The van der Waals surface area contributed by atoms with Gasteiger partial charge in [0.05, 0.1) is 5.92 Å². The summed E-state index contributed by atoms with van der Waals surface area (Å²) in [6.45, 7) is 2.62. The molecule has 2 atom stereocenters. The minimum absolute atomic E-state index is 0.122. The molecule has 0 aromatic rings. The van der Waals surface area contributed by atoms with Gasteiger partial charge >= 0.3 is 5.97 Å². The molecule has 1 N–H and O–H groups in total. The van der Waals surface area contributed by atoms with Crippen molar-refractivity contribution in [3.63, 3.8) is 0 Å². The molecular formula is C10H17NO4. The normalized spacial score (nSPS) is 23.6. The number of carboxylic acids is 1. The number of hydrogen-bond donors (Lipinski definition) is 1. The van der Waals surface area contributed by atoms with Crippen molar-refractivity contribution >= 4 is 11.9 Å². The molecule has 15 heavy (non-hydrogen) atoms. The Morgan fingerprint density at radius 3 is 2.73 bits per heavy atom. The Labute approximate surface area is 89.0 Å². The Morgan fingerprint density at radius 1 is 1.53 bits per heavy atom. The highest BCUT2D eigenvalue weighted by molar-refractivity contribution is 5.81. The van der Waals surface area contributed by atoms with E-state index in [0.717, 1.165) is 6.42 Å². The summed E-state index contributed by atoms with van der Waals surface area (Å²) in [4.78, 5) is 24.1. The number of rotatable bonds is 3. The minimum Gasteiger partial charge on any atom is -0.481 e. The Morgan fingerprint density at radius 2 is 2.20 bits per heavy atom. The van der Waals surface area contributed by atoms with E-state index in [2.05, 4.69) is 0 Å². The summed E-state index contributed by atoms with van der Waals surface area (Å²) in [6.07, 6.45) is 0.914. The fourth-order valence-electron chi connectivity index (χ4n) is 1.74. The largest absolute Gasteiger partial charge is 0.481 e. The standard InChI is InChI=1S/C10H17NO4/c1-7(15-2)9(12)11-5-3-4-8(6-11)10(13)14/h7-8H,3-6H2,1-2H3,(H,13,14). The van der Waals surface area contributed by atoms with Crippen LogP contribution in [0, 0.1) is 5.92 Å². The summed E-state index contributed by atoms with van der Waals surface area (Å²) >= 11 is 0. The number of carbonyl (C=O) groups is 2. The molecule has 2 unspecified atom stereocenters. The summed E-state index contributed by atoms with van der Waals surface area (Å²) in [5, 5.41) is 8.86. The van der Waals surface area contributed by atoms with Crippen molar-refractivity contribution < 1.29 is 19.4 Å². The number of piperidine rings is 1. The number of methoxy groups -OCH3 is 1. The van der Waals surface area contributed by atoms with Crippen LogP contribution in [0.15, 0.2) is 0 Å². The third-order valence-electron chi connectivity index (χ3n) is 2.78. The molecule has 86 valence electrons. The second-order valence-corrected chi connectivity index (χ2v) is 3.84. The summed E-state index contributed by atoms with van der Waals surface area (Å²) in [7, 11) is 1.47. The van der Waals surface area contributed by atoms with E-state index in [1.54, 1.807) is 11.8 Å². The monoisotopic (exact) mass is 215 g/mol. The van der Waals surface area contributed by atoms with Crippen LogP contribution in [0.4, 0.5) is 0 Å². The van der Waals surface area contributed by atoms with Gasteiger partial charge in [-0.2, -0.15) is 0 Å². The molecule has 1 aliphatic rings. The van der Waals surface area contributed by atoms with Gasteiger partial charge in [0.1, 0.15) is 6.10 Å². The Hall–Kier alpha value is -1.10. The van der Waals surface area contributed by atoms with E-state index < -0.39 is 18.0 Å².